The summed E-state index contributed by atoms with van der Waals surface area (Å²) in [5, 5.41) is 7.14. The first-order chi connectivity index (χ1) is 13.0. The van der Waals surface area contributed by atoms with Crippen molar-refractivity contribution >= 4 is 34.8 Å². The van der Waals surface area contributed by atoms with Crippen LogP contribution in [0.15, 0.2) is 47.6 Å². The van der Waals surface area contributed by atoms with Gasteiger partial charge >= 0.3 is 0 Å². The molecule has 1 atom stereocenters. The van der Waals surface area contributed by atoms with E-state index in [2.05, 4.69) is 10.0 Å². The monoisotopic (exact) mass is 405 g/mol. The number of likely N-dealkylation sites (tertiary alicyclic amines) is 1. The highest BCUT2D eigenvalue weighted by Crippen LogP contribution is 2.27. The molecule has 27 heavy (non-hydrogen) atoms. The van der Waals surface area contributed by atoms with Crippen molar-refractivity contribution in [1.29, 1.82) is 0 Å². The molecule has 1 unspecified atom stereocenters. The van der Waals surface area contributed by atoms with Gasteiger partial charge < -0.3 is 0 Å². The van der Waals surface area contributed by atoms with Crippen molar-refractivity contribution in [2.45, 2.75) is 19.5 Å². The topological polar surface area (TPSA) is 35.9 Å². The lowest BCUT2D eigenvalue weighted by molar-refractivity contribution is -0.133. The van der Waals surface area contributed by atoms with Crippen molar-refractivity contribution in [2.24, 2.45) is 11.0 Å². The highest BCUT2D eigenvalue weighted by Gasteiger charge is 2.39. The van der Waals surface area contributed by atoms with Crippen LogP contribution < -0.4 is 0 Å². The summed E-state index contributed by atoms with van der Waals surface area (Å²) in [4.78, 5) is 14.9. The van der Waals surface area contributed by atoms with E-state index in [1.54, 1.807) is 11.1 Å². The van der Waals surface area contributed by atoms with Gasteiger partial charge in [-0.25, -0.2) is 9.40 Å². The molecule has 7 heteroatoms. The van der Waals surface area contributed by atoms with Gasteiger partial charge in [-0.2, -0.15) is 5.10 Å². The summed E-state index contributed by atoms with van der Waals surface area (Å²) < 4.78 is 13.6. The third-order valence-corrected chi connectivity index (χ3v) is 5.37. The summed E-state index contributed by atoms with van der Waals surface area (Å²) >= 11 is 11.9. The van der Waals surface area contributed by atoms with E-state index in [1.807, 2.05) is 24.3 Å². The molecular formula is C20H18Cl2FN3O. The average molecular weight is 406 g/mol. The maximum absolute atomic E-state index is 13.6. The minimum absolute atomic E-state index is 0.0157. The van der Waals surface area contributed by atoms with Crippen LogP contribution in [0.25, 0.3) is 0 Å². The first-order valence-electron chi connectivity index (χ1n) is 8.78. The maximum atomic E-state index is 13.6. The number of carbonyl (C=O) groups is 1. The Morgan fingerprint density at radius 2 is 1.81 bits per heavy atom. The number of benzene rings is 2. The van der Waals surface area contributed by atoms with Crippen molar-refractivity contribution in [2.75, 3.05) is 13.1 Å². The molecule has 2 aromatic carbocycles. The number of halogens is 3. The van der Waals surface area contributed by atoms with Crippen LogP contribution in [-0.4, -0.2) is 34.6 Å². The van der Waals surface area contributed by atoms with Crippen molar-refractivity contribution in [3.05, 3.63) is 69.5 Å². The lowest BCUT2D eigenvalue weighted by Gasteiger charge is -2.30. The van der Waals surface area contributed by atoms with E-state index in [9.17, 15) is 9.18 Å². The van der Waals surface area contributed by atoms with Gasteiger partial charge in [-0.15, -0.1) is 0 Å². The molecule has 1 amide bonds. The quantitative estimate of drug-likeness (QED) is 0.757. The van der Waals surface area contributed by atoms with Crippen LogP contribution in [0.4, 0.5) is 4.39 Å². The van der Waals surface area contributed by atoms with E-state index in [-0.39, 0.29) is 17.6 Å². The van der Waals surface area contributed by atoms with Gasteiger partial charge in [-0.3, -0.25) is 9.69 Å². The summed E-state index contributed by atoms with van der Waals surface area (Å²) in [5.41, 5.74) is 2.73. The zero-order valence-electron chi connectivity index (χ0n) is 14.5. The minimum atomic E-state index is -0.345. The second-order valence-corrected chi connectivity index (χ2v) is 7.80. The summed E-state index contributed by atoms with van der Waals surface area (Å²) in [6, 6.07) is 12.0. The Bertz CT molecular complexity index is 880. The molecule has 2 aromatic rings. The van der Waals surface area contributed by atoms with Crippen LogP contribution in [0.5, 0.6) is 0 Å². The Labute approximate surface area is 167 Å². The van der Waals surface area contributed by atoms with Gasteiger partial charge in [0.05, 0.1) is 18.2 Å². The van der Waals surface area contributed by atoms with E-state index >= 15 is 0 Å². The fourth-order valence-electron chi connectivity index (χ4n) is 3.61. The number of amides is 1. The van der Waals surface area contributed by atoms with E-state index in [0.29, 0.717) is 29.7 Å². The largest absolute Gasteiger partial charge is 0.298 e. The van der Waals surface area contributed by atoms with Crippen molar-refractivity contribution in [3.8, 4) is 0 Å². The Kier molecular flexibility index (Phi) is 5.17. The molecule has 0 N–H and O–H groups in total. The molecule has 2 heterocycles. The van der Waals surface area contributed by atoms with E-state index in [1.165, 1.54) is 12.1 Å². The summed E-state index contributed by atoms with van der Waals surface area (Å²) in [6.45, 7) is 2.37. The fraction of sp³-hybridized carbons (Fsp3) is 0.300. The smallest absolute Gasteiger partial charge is 0.253 e. The van der Waals surface area contributed by atoms with Crippen LogP contribution in [0.1, 0.15) is 17.5 Å². The van der Waals surface area contributed by atoms with Crippen LogP contribution in [0.2, 0.25) is 10.0 Å². The lowest BCUT2D eigenvalue weighted by Crippen LogP contribution is -2.42. The van der Waals surface area contributed by atoms with Crippen LogP contribution in [-0.2, 0) is 17.9 Å². The number of hydrogen-bond acceptors (Lipinski definition) is 3. The molecule has 2 aliphatic rings. The zero-order chi connectivity index (χ0) is 19.0. The van der Waals surface area contributed by atoms with E-state index in [4.69, 9.17) is 23.2 Å². The number of piperidine rings is 1. The number of nitrogens with zero attached hydrogens (tertiary/aromatic N) is 3. The maximum Gasteiger partial charge on any atom is 0.253 e. The molecule has 140 valence electrons. The predicted octanol–water partition coefficient (Wildman–Crippen LogP) is 4.35. The lowest BCUT2D eigenvalue weighted by atomic mass is 9.95. The molecule has 0 aliphatic carbocycles. The molecular weight excluding hydrogens is 388 g/mol. The average Bonchev–Trinajstić information content (AvgIpc) is 2.92. The van der Waals surface area contributed by atoms with Gasteiger partial charge in [-0.05, 0) is 41.5 Å². The van der Waals surface area contributed by atoms with E-state index < -0.39 is 0 Å². The highest BCUT2D eigenvalue weighted by molar-refractivity contribution is 6.30. The van der Waals surface area contributed by atoms with Gasteiger partial charge in [-0.1, -0.05) is 35.3 Å². The molecule has 4 rings (SSSR count). The van der Waals surface area contributed by atoms with Crippen LogP contribution in [0, 0.1) is 11.7 Å². The van der Waals surface area contributed by atoms with Crippen LogP contribution >= 0.6 is 23.2 Å². The molecule has 0 saturated carbocycles. The highest BCUT2D eigenvalue weighted by atomic mass is 35.5. The predicted molar refractivity (Wildman–Crippen MR) is 104 cm³/mol. The standard InChI is InChI=1S/C20H18Cl2FN3O/c21-15-3-1-13(2-4-15)11-26-20(27)18-12-25(6-5-19(18)24-26)10-14-7-16(22)9-17(23)8-14/h1-4,7-9,18H,5-6,10-12H2. The third-order valence-electron chi connectivity index (χ3n) is 4.90. The Hall–Kier alpha value is -1.95. The molecule has 4 nitrogen and oxygen atoms in total. The number of carbonyl (C=O) groups excluding carboxylic acids is 1. The van der Waals surface area contributed by atoms with Crippen molar-refractivity contribution in [1.82, 2.24) is 9.91 Å². The number of rotatable bonds is 4. The van der Waals surface area contributed by atoms with Gasteiger partial charge in [0.15, 0.2) is 0 Å². The molecule has 0 radical (unpaired) electrons. The number of fused-ring (bicyclic) bond motifs is 1. The van der Waals surface area contributed by atoms with Gasteiger partial charge in [0, 0.05) is 36.1 Å². The molecule has 0 spiro atoms. The van der Waals surface area contributed by atoms with Crippen molar-refractivity contribution < 1.29 is 9.18 Å². The van der Waals surface area contributed by atoms with Crippen LogP contribution in [0.3, 0.4) is 0 Å². The summed E-state index contributed by atoms with van der Waals surface area (Å²) in [7, 11) is 0. The SMILES string of the molecule is O=C1C2CN(Cc3cc(F)cc(Cl)c3)CCC2=NN1Cc1ccc(Cl)cc1. The third kappa shape index (κ3) is 4.15. The summed E-state index contributed by atoms with van der Waals surface area (Å²) in [5.74, 6) is -0.556. The van der Waals surface area contributed by atoms with E-state index in [0.717, 1.165) is 29.8 Å². The molecule has 0 aromatic heterocycles. The first kappa shape index (κ1) is 18.4. The number of hydrogen-bond donors (Lipinski definition) is 0. The molecule has 2 aliphatic heterocycles. The first-order valence-corrected chi connectivity index (χ1v) is 9.54. The van der Waals surface area contributed by atoms with Gasteiger partial charge in [0.2, 0.25) is 0 Å². The second-order valence-electron chi connectivity index (χ2n) is 6.93. The van der Waals surface area contributed by atoms with Gasteiger partial charge in [0.1, 0.15) is 5.82 Å². The molecule has 0 bridgehead atoms. The number of hydrazone groups is 1. The normalized spacial score (nSPS) is 20.0. The Morgan fingerprint density at radius 3 is 2.56 bits per heavy atom. The molecule has 1 fully saturated rings. The Morgan fingerprint density at radius 1 is 1.04 bits per heavy atom. The van der Waals surface area contributed by atoms with Crippen molar-refractivity contribution in [3.63, 3.8) is 0 Å². The fourth-order valence-corrected chi connectivity index (χ4v) is 3.98. The minimum Gasteiger partial charge on any atom is -0.298 e. The molecule has 1 saturated heterocycles. The Balaban J connectivity index is 1.42. The zero-order valence-corrected chi connectivity index (χ0v) is 16.0. The second kappa shape index (κ2) is 7.58. The summed E-state index contributed by atoms with van der Waals surface area (Å²) in [6.07, 6.45) is 0.733. The van der Waals surface area contributed by atoms with Gasteiger partial charge in [0.25, 0.3) is 5.91 Å².